The summed E-state index contributed by atoms with van der Waals surface area (Å²) in [5.41, 5.74) is 9.06. The van der Waals surface area contributed by atoms with E-state index in [1.54, 1.807) is 0 Å². The lowest BCUT2D eigenvalue weighted by Crippen LogP contribution is -2.34. The Morgan fingerprint density at radius 1 is 1.17 bits per heavy atom. The van der Waals surface area contributed by atoms with E-state index >= 15 is 0 Å². The van der Waals surface area contributed by atoms with Gasteiger partial charge in [-0.25, -0.2) is 9.97 Å². The van der Waals surface area contributed by atoms with Gasteiger partial charge in [-0.15, -0.1) is 0 Å². The zero-order valence-corrected chi connectivity index (χ0v) is 11.1. The van der Waals surface area contributed by atoms with Gasteiger partial charge in [-0.3, -0.25) is 0 Å². The number of nitrogens with two attached hydrogens (primary N) is 1. The first-order valence-electron chi connectivity index (χ1n) is 6.21. The normalized spacial score (nSPS) is 14.2. The Morgan fingerprint density at radius 2 is 1.83 bits per heavy atom. The standard InChI is InChI=1S/C15H19N3/c1-4-15(3,16)14-17-9-13(10-18-14)12-7-5-6-11(2)8-12/h5-10H,4,16H2,1-3H3. The highest BCUT2D eigenvalue weighted by Crippen LogP contribution is 2.21. The van der Waals surface area contributed by atoms with Crippen molar-refractivity contribution in [2.24, 2.45) is 5.73 Å². The number of benzene rings is 1. The zero-order chi connectivity index (χ0) is 13.2. The third-order valence-electron chi connectivity index (χ3n) is 3.25. The predicted octanol–water partition coefficient (Wildman–Crippen LogP) is 3.04. The molecule has 0 bridgehead atoms. The summed E-state index contributed by atoms with van der Waals surface area (Å²) in [6.45, 7) is 6.07. The Bertz CT molecular complexity index is 530. The Balaban J connectivity index is 2.33. The highest BCUT2D eigenvalue weighted by atomic mass is 14.9. The van der Waals surface area contributed by atoms with Crippen molar-refractivity contribution in [3.8, 4) is 11.1 Å². The molecule has 18 heavy (non-hydrogen) atoms. The first kappa shape index (κ1) is 12.7. The first-order chi connectivity index (χ1) is 8.53. The molecule has 2 aromatic rings. The van der Waals surface area contributed by atoms with Crippen molar-refractivity contribution in [3.63, 3.8) is 0 Å². The van der Waals surface area contributed by atoms with Crippen LogP contribution >= 0.6 is 0 Å². The Morgan fingerprint density at radius 3 is 2.39 bits per heavy atom. The summed E-state index contributed by atoms with van der Waals surface area (Å²) in [5.74, 6) is 0.696. The van der Waals surface area contributed by atoms with Crippen LogP contribution < -0.4 is 5.73 Å². The molecule has 1 heterocycles. The number of aromatic nitrogens is 2. The molecular weight excluding hydrogens is 222 g/mol. The maximum atomic E-state index is 6.13. The van der Waals surface area contributed by atoms with Crippen LogP contribution in [0.25, 0.3) is 11.1 Å². The van der Waals surface area contributed by atoms with Gasteiger partial charge < -0.3 is 5.73 Å². The quantitative estimate of drug-likeness (QED) is 0.898. The third kappa shape index (κ3) is 2.57. The molecule has 1 aromatic heterocycles. The SMILES string of the molecule is CCC(C)(N)c1ncc(-c2cccc(C)c2)cn1. The summed E-state index contributed by atoms with van der Waals surface area (Å²) in [6, 6.07) is 8.30. The van der Waals surface area contributed by atoms with Gasteiger partial charge >= 0.3 is 0 Å². The highest BCUT2D eigenvalue weighted by molar-refractivity contribution is 5.62. The van der Waals surface area contributed by atoms with Gasteiger partial charge in [-0.1, -0.05) is 36.8 Å². The summed E-state index contributed by atoms with van der Waals surface area (Å²) >= 11 is 0. The Hall–Kier alpha value is -1.74. The second-order valence-electron chi connectivity index (χ2n) is 4.94. The molecule has 0 amide bonds. The molecule has 0 aliphatic carbocycles. The van der Waals surface area contributed by atoms with E-state index in [2.05, 4.69) is 35.1 Å². The van der Waals surface area contributed by atoms with Crippen LogP contribution in [0.1, 0.15) is 31.7 Å². The molecule has 3 nitrogen and oxygen atoms in total. The van der Waals surface area contributed by atoms with Gasteiger partial charge in [0.25, 0.3) is 0 Å². The van der Waals surface area contributed by atoms with Crippen LogP contribution in [0.5, 0.6) is 0 Å². The number of aryl methyl sites for hydroxylation is 1. The smallest absolute Gasteiger partial charge is 0.147 e. The monoisotopic (exact) mass is 241 g/mol. The largest absolute Gasteiger partial charge is 0.319 e. The van der Waals surface area contributed by atoms with E-state index in [1.165, 1.54) is 5.56 Å². The van der Waals surface area contributed by atoms with Crippen molar-refractivity contribution in [1.82, 2.24) is 9.97 Å². The van der Waals surface area contributed by atoms with Crippen molar-refractivity contribution in [3.05, 3.63) is 48.0 Å². The second-order valence-corrected chi connectivity index (χ2v) is 4.94. The number of hydrogen-bond acceptors (Lipinski definition) is 3. The third-order valence-corrected chi connectivity index (χ3v) is 3.25. The van der Waals surface area contributed by atoms with Crippen LogP contribution in [0.15, 0.2) is 36.7 Å². The van der Waals surface area contributed by atoms with Crippen LogP contribution in [0.4, 0.5) is 0 Å². The molecule has 0 aliphatic rings. The molecular formula is C15H19N3. The fraction of sp³-hybridized carbons (Fsp3) is 0.333. The number of nitrogens with zero attached hydrogens (tertiary/aromatic N) is 2. The van der Waals surface area contributed by atoms with Gasteiger partial charge in [0.05, 0.1) is 5.54 Å². The van der Waals surface area contributed by atoms with E-state index in [4.69, 9.17) is 5.73 Å². The topological polar surface area (TPSA) is 51.8 Å². The van der Waals surface area contributed by atoms with E-state index in [9.17, 15) is 0 Å². The first-order valence-corrected chi connectivity index (χ1v) is 6.21. The predicted molar refractivity (Wildman–Crippen MR) is 74.0 cm³/mol. The molecule has 0 radical (unpaired) electrons. The summed E-state index contributed by atoms with van der Waals surface area (Å²) in [6.07, 6.45) is 4.51. The number of hydrogen-bond donors (Lipinski definition) is 1. The molecule has 1 atom stereocenters. The molecule has 2 N–H and O–H groups in total. The van der Waals surface area contributed by atoms with E-state index in [0.29, 0.717) is 5.82 Å². The molecule has 3 heteroatoms. The number of rotatable bonds is 3. The van der Waals surface area contributed by atoms with E-state index in [-0.39, 0.29) is 0 Å². The summed E-state index contributed by atoms with van der Waals surface area (Å²) in [4.78, 5) is 8.78. The fourth-order valence-corrected chi connectivity index (χ4v) is 1.75. The minimum atomic E-state index is -0.453. The average molecular weight is 241 g/mol. The van der Waals surface area contributed by atoms with Gasteiger partial charge in [0, 0.05) is 18.0 Å². The van der Waals surface area contributed by atoms with Crippen LogP contribution in [-0.2, 0) is 5.54 Å². The van der Waals surface area contributed by atoms with Crippen LogP contribution in [0.2, 0.25) is 0 Å². The molecule has 0 spiro atoms. The van der Waals surface area contributed by atoms with E-state index < -0.39 is 5.54 Å². The van der Waals surface area contributed by atoms with Crippen molar-refractivity contribution in [2.75, 3.05) is 0 Å². The molecule has 2 rings (SSSR count). The second kappa shape index (κ2) is 4.86. The maximum Gasteiger partial charge on any atom is 0.147 e. The van der Waals surface area contributed by atoms with Gasteiger partial charge in [0.2, 0.25) is 0 Å². The molecule has 1 aromatic carbocycles. The van der Waals surface area contributed by atoms with Crippen molar-refractivity contribution < 1.29 is 0 Å². The lowest BCUT2D eigenvalue weighted by molar-refractivity contribution is 0.445. The molecule has 0 aliphatic heterocycles. The van der Waals surface area contributed by atoms with Crippen molar-refractivity contribution in [2.45, 2.75) is 32.7 Å². The van der Waals surface area contributed by atoms with Crippen molar-refractivity contribution >= 4 is 0 Å². The lowest BCUT2D eigenvalue weighted by atomic mass is 9.99. The minimum Gasteiger partial charge on any atom is -0.319 e. The van der Waals surface area contributed by atoms with Crippen LogP contribution in [0.3, 0.4) is 0 Å². The maximum absolute atomic E-state index is 6.13. The van der Waals surface area contributed by atoms with Crippen LogP contribution in [-0.4, -0.2) is 9.97 Å². The van der Waals surface area contributed by atoms with Gasteiger partial charge in [0.15, 0.2) is 0 Å². The van der Waals surface area contributed by atoms with Gasteiger partial charge in [-0.05, 0) is 25.8 Å². The Kier molecular flexibility index (Phi) is 3.43. The van der Waals surface area contributed by atoms with E-state index in [1.807, 2.05) is 32.3 Å². The van der Waals surface area contributed by atoms with E-state index in [0.717, 1.165) is 17.5 Å². The minimum absolute atomic E-state index is 0.453. The summed E-state index contributed by atoms with van der Waals surface area (Å²) in [7, 11) is 0. The van der Waals surface area contributed by atoms with Crippen LogP contribution in [0, 0.1) is 6.92 Å². The molecule has 0 fully saturated rings. The average Bonchev–Trinajstić information content (AvgIpc) is 2.39. The van der Waals surface area contributed by atoms with Crippen molar-refractivity contribution in [1.29, 1.82) is 0 Å². The summed E-state index contributed by atoms with van der Waals surface area (Å²) in [5, 5.41) is 0. The van der Waals surface area contributed by atoms with Gasteiger partial charge in [-0.2, -0.15) is 0 Å². The summed E-state index contributed by atoms with van der Waals surface area (Å²) < 4.78 is 0. The molecule has 1 unspecified atom stereocenters. The Labute approximate surface area is 108 Å². The van der Waals surface area contributed by atoms with Gasteiger partial charge in [0.1, 0.15) is 5.82 Å². The molecule has 94 valence electrons. The molecule has 0 saturated heterocycles. The zero-order valence-electron chi connectivity index (χ0n) is 11.1. The molecule has 0 saturated carbocycles. The fourth-order valence-electron chi connectivity index (χ4n) is 1.75. The highest BCUT2D eigenvalue weighted by Gasteiger charge is 2.21. The lowest BCUT2D eigenvalue weighted by Gasteiger charge is -2.20.